The van der Waals surface area contributed by atoms with Crippen LogP contribution >= 0.6 is 0 Å². The molecular weight excluding hydrogens is 310 g/mol. The zero-order valence-electron chi connectivity index (χ0n) is 14.1. The van der Waals surface area contributed by atoms with Crippen LogP contribution in [0, 0.1) is 0 Å². The Morgan fingerprint density at radius 2 is 1.60 bits per heavy atom. The van der Waals surface area contributed by atoms with Crippen LogP contribution in [0.25, 0.3) is 16.9 Å². The summed E-state index contributed by atoms with van der Waals surface area (Å²) in [6.45, 7) is 0. The van der Waals surface area contributed by atoms with Crippen molar-refractivity contribution >= 4 is 5.91 Å². The molecule has 4 heteroatoms. The lowest BCUT2D eigenvalue weighted by atomic mass is 10.1. The Kier molecular flexibility index (Phi) is 4.34. The Bertz CT molecular complexity index is 792. The number of amides is 1. The molecule has 0 unspecified atom stereocenters. The van der Waals surface area contributed by atoms with E-state index in [2.05, 4.69) is 10.4 Å². The van der Waals surface area contributed by atoms with Gasteiger partial charge in [0.25, 0.3) is 5.91 Å². The maximum absolute atomic E-state index is 12.6. The van der Waals surface area contributed by atoms with Crippen LogP contribution in [0.5, 0.6) is 0 Å². The number of hydrogen-bond acceptors (Lipinski definition) is 2. The van der Waals surface area contributed by atoms with Gasteiger partial charge < -0.3 is 5.32 Å². The van der Waals surface area contributed by atoms with Gasteiger partial charge in [0.1, 0.15) is 0 Å². The molecule has 4 rings (SSSR count). The van der Waals surface area contributed by atoms with Gasteiger partial charge in [0.05, 0.1) is 11.4 Å². The van der Waals surface area contributed by atoms with Gasteiger partial charge in [-0.05, 0) is 31.0 Å². The van der Waals surface area contributed by atoms with E-state index in [0.29, 0.717) is 5.69 Å². The monoisotopic (exact) mass is 331 g/mol. The second-order valence-electron chi connectivity index (χ2n) is 6.48. The third kappa shape index (κ3) is 3.33. The molecule has 1 saturated carbocycles. The maximum Gasteiger partial charge on any atom is 0.272 e. The number of carbonyl (C=O) groups is 1. The third-order valence-corrected chi connectivity index (χ3v) is 4.70. The molecule has 1 fully saturated rings. The van der Waals surface area contributed by atoms with E-state index in [1.807, 2.05) is 71.4 Å². The Morgan fingerprint density at radius 3 is 2.28 bits per heavy atom. The van der Waals surface area contributed by atoms with Crippen LogP contribution in [-0.2, 0) is 0 Å². The minimum atomic E-state index is -0.0845. The Balaban J connectivity index is 1.72. The summed E-state index contributed by atoms with van der Waals surface area (Å²) in [6.07, 6.45) is 4.52. The van der Waals surface area contributed by atoms with E-state index in [4.69, 9.17) is 0 Å². The Morgan fingerprint density at radius 1 is 0.960 bits per heavy atom. The molecule has 0 spiro atoms. The number of benzene rings is 2. The summed E-state index contributed by atoms with van der Waals surface area (Å²) < 4.78 is 1.85. The third-order valence-electron chi connectivity index (χ3n) is 4.70. The van der Waals surface area contributed by atoms with Crippen molar-refractivity contribution in [2.75, 3.05) is 0 Å². The maximum atomic E-state index is 12.6. The summed E-state index contributed by atoms with van der Waals surface area (Å²) in [5, 5.41) is 7.73. The van der Waals surface area contributed by atoms with Crippen LogP contribution < -0.4 is 5.32 Å². The van der Waals surface area contributed by atoms with Crippen molar-refractivity contribution in [2.24, 2.45) is 0 Å². The highest BCUT2D eigenvalue weighted by atomic mass is 16.2. The first-order valence-corrected chi connectivity index (χ1v) is 8.83. The van der Waals surface area contributed by atoms with E-state index in [0.717, 1.165) is 29.8 Å². The van der Waals surface area contributed by atoms with E-state index in [-0.39, 0.29) is 11.9 Å². The number of hydrogen-bond donors (Lipinski definition) is 1. The standard InChI is InChI=1S/C21H21N3O/c25-21(22-17-11-7-8-12-17)19-15-20(16-9-3-1-4-10-16)24(23-19)18-13-5-2-6-14-18/h1-6,9-10,13-15,17H,7-8,11-12H2,(H,22,25). The lowest BCUT2D eigenvalue weighted by molar-refractivity contribution is 0.0932. The van der Waals surface area contributed by atoms with Crippen molar-refractivity contribution in [3.63, 3.8) is 0 Å². The van der Waals surface area contributed by atoms with E-state index >= 15 is 0 Å². The minimum Gasteiger partial charge on any atom is -0.348 e. The molecule has 1 heterocycles. The van der Waals surface area contributed by atoms with Gasteiger partial charge in [-0.25, -0.2) is 4.68 Å². The smallest absolute Gasteiger partial charge is 0.272 e. The number of rotatable bonds is 4. The van der Waals surface area contributed by atoms with Crippen molar-refractivity contribution < 1.29 is 4.79 Å². The number of nitrogens with zero attached hydrogens (tertiary/aromatic N) is 2. The average molecular weight is 331 g/mol. The van der Waals surface area contributed by atoms with Crippen molar-refractivity contribution in [1.82, 2.24) is 15.1 Å². The van der Waals surface area contributed by atoms with Crippen LogP contribution in [0.4, 0.5) is 0 Å². The molecule has 3 aromatic rings. The van der Waals surface area contributed by atoms with Gasteiger partial charge in [0.15, 0.2) is 5.69 Å². The van der Waals surface area contributed by atoms with Crippen LogP contribution in [0.1, 0.15) is 36.2 Å². The molecule has 1 aliphatic carbocycles. The fourth-order valence-electron chi connectivity index (χ4n) is 3.40. The van der Waals surface area contributed by atoms with Crippen molar-refractivity contribution in [3.8, 4) is 16.9 Å². The highest BCUT2D eigenvalue weighted by Gasteiger charge is 2.21. The summed E-state index contributed by atoms with van der Waals surface area (Å²) >= 11 is 0. The molecule has 1 amide bonds. The zero-order chi connectivity index (χ0) is 17.1. The lowest BCUT2D eigenvalue weighted by Gasteiger charge is -2.10. The van der Waals surface area contributed by atoms with Crippen LogP contribution in [0.3, 0.4) is 0 Å². The van der Waals surface area contributed by atoms with Gasteiger partial charge in [-0.1, -0.05) is 61.4 Å². The fraction of sp³-hybridized carbons (Fsp3) is 0.238. The van der Waals surface area contributed by atoms with Crippen molar-refractivity contribution in [2.45, 2.75) is 31.7 Å². The molecule has 25 heavy (non-hydrogen) atoms. The second kappa shape index (κ2) is 6.93. The van der Waals surface area contributed by atoms with Gasteiger partial charge in [-0.2, -0.15) is 5.10 Å². The fourth-order valence-corrected chi connectivity index (χ4v) is 3.40. The molecule has 0 atom stereocenters. The van der Waals surface area contributed by atoms with E-state index in [1.54, 1.807) is 0 Å². The molecule has 0 aliphatic heterocycles. The first-order valence-electron chi connectivity index (χ1n) is 8.83. The quantitative estimate of drug-likeness (QED) is 0.778. The van der Waals surface area contributed by atoms with Gasteiger partial charge in [-0.15, -0.1) is 0 Å². The van der Waals surface area contributed by atoms with E-state index in [9.17, 15) is 4.79 Å². The summed E-state index contributed by atoms with van der Waals surface area (Å²) in [6, 6.07) is 22.1. The Labute approximate surface area is 147 Å². The van der Waals surface area contributed by atoms with Crippen LogP contribution in [-0.4, -0.2) is 21.7 Å². The predicted molar refractivity (Wildman–Crippen MR) is 98.7 cm³/mol. The number of aromatic nitrogens is 2. The van der Waals surface area contributed by atoms with Crippen LogP contribution in [0.2, 0.25) is 0 Å². The van der Waals surface area contributed by atoms with Gasteiger partial charge in [0, 0.05) is 11.6 Å². The largest absolute Gasteiger partial charge is 0.348 e. The molecule has 0 radical (unpaired) electrons. The normalized spacial score (nSPS) is 14.6. The van der Waals surface area contributed by atoms with Crippen LogP contribution in [0.15, 0.2) is 66.7 Å². The molecule has 2 aromatic carbocycles. The summed E-state index contributed by atoms with van der Waals surface area (Å²) in [7, 11) is 0. The summed E-state index contributed by atoms with van der Waals surface area (Å²) in [5.41, 5.74) is 3.37. The molecular formula is C21H21N3O. The molecule has 126 valence electrons. The van der Waals surface area contributed by atoms with E-state index in [1.165, 1.54) is 12.8 Å². The second-order valence-corrected chi connectivity index (χ2v) is 6.48. The molecule has 1 N–H and O–H groups in total. The SMILES string of the molecule is O=C(NC1CCCC1)c1cc(-c2ccccc2)n(-c2ccccc2)n1. The summed E-state index contributed by atoms with van der Waals surface area (Å²) in [5.74, 6) is -0.0845. The Hall–Kier alpha value is -2.88. The molecule has 1 aromatic heterocycles. The average Bonchev–Trinajstić information content (AvgIpc) is 3.33. The highest BCUT2D eigenvalue weighted by molar-refractivity contribution is 5.93. The molecule has 0 saturated heterocycles. The first kappa shape index (κ1) is 15.6. The lowest BCUT2D eigenvalue weighted by Crippen LogP contribution is -2.32. The molecule has 1 aliphatic rings. The minimum absolute atomic E-state index is 0.0845. The summed E-state index contributed by atoms with van der Waals surface area (Å²) in [4.78, 5) is 12.6. The molecule has 0 bridgehead atoms. The predicted octanol–water partition coefficient (Wildman–Crippen LogP) is 4.21. The van der Waals surface area contributed by atoms with E-state index < -0.39 is 0 Å². The van der Waals surface area contributed by atoms with Gasteiger partial charge in [0.2, 0.25) is 0 Å². The molecule has 4 nitrogen and oxygen atoms in total. The topological polar surface area (TPSA) is 46.9 Å². The highest BCUT2D eigenvalue weighted by Crippen LogP contribution is 2.24. The number of carbonyl (C=O) groups excluding carboxylic acids is 1. The van der Waals surface area contributed by atoms with Crippen molar-refractivity contribution in [3.05, 3.63) is 72.4 Å². The van der Waals surface area contributed by atoms with Gasteiger partial charge >= 0.3 is 0 Å². The van der Waals surface area contributed by atoms with Crippen molar-refractivity contribution in [1.29, 1.82) is 0 Å². The number of para-hydroxylation sites is 1. The first-order chi connectivity index (χ1) is 12.3. The van der Waals surface area contributed by atoms with Gasteiger partial charge in [-0.3, -0.25) is 4.79 Å². The number of nitrogens with one attached hydrogen (secondary N) is 1. The zero-order valence-corrected chi connectivity index (χ0v) is 14.1.